The second-order valence-electron chi connectivity index (χ2n) is 13.3. The van der Waals surface area contributed by atoms with E-state index in [1.165, 1.54) is 66.7 Å². The van der Waals surface area contributed by atoms with E-state index in [-0.39, 0.29) is 76.9 Å². The molecule has 2 aliphatic heterocycles. The summed E-state index contributed by atoms with van der Waals surface area (Å²) in [5.74, 6) is -10.4. The second kappa shape index (κ2) is 14.6. The van der Waals surface area contributed by atoms with Crippen molar-refractivity contribution in [2.75, 3.05) is 0 Å². The van der Waals surface area contributed by atoms with E-state index in [1.807, 2.05) is 0 Å². The number of nitrogens with zero attached hydrogens (tertiary/aromatic N) is 2. The van der Waals surface area contributed by atoms with E-state index in [4.69, 9.17) is 18.0 Å². The number of hydrogen-bond donors (Lipinski definition) is 0. The molecule has 9 rings (SSSR count). The number of ether oxygens (including phenoxy) is 2. The monoisotopic (exact) mass is 884 g/mol. The lowest BCUT2D eigenvalue weighted by Crippen LogP contribution is -2.42. The van der Waals surface area contributed by atoms with Gasteiger partial charge in [0.25, 0.3) is 23.6 Å². The minimum Gasteiger partial charge on any atom is -0.457 e. The Hall–Kier alpha value is -7.52. The Morgan fingerprint density at radius 1 is 0.403 bits per heavy atom. The molecule has 0 saturated carbocycles. The Kier molecular flexibility index (Phi) is 9.39. The van der Waals surface area contributed by atoms with E-state index in [9.17, 15) is 53.6 Å². The molecule has 0 bridgehead atoms. The van der Waals surface area contributed by atoms with Gasteiger partial charge in [-0.1, -0.05) is 42.5 Å². The largest absolute Gasteiger partial charge is 0.457 e. The van der Waals surface area contributed by atoms with Crippen LogP contribution in [0.5, 0.6) is 23.0 Å². The quantitative estimate of drug-likeness (QED) is 0.0957. The molecule has 0 N–H and O–H groups in total. The molecule has 4 amide bonds. The van der Waals surface area contributed by atoms with Crippen LogP contribution in [0.3, 0.4) is 0 Å². The average Bonchev–Trinajstić information content (AvgIpc) is 3.22. The highest BCUT2D eigenvalue weighted by Crippen LogP contribution is 2.41. The van der Waals surface area contributed by atoms with Crippen LogP contribution < -0.4 is 9.47 Å². The third-order valence-electron chi connectivity index (χ3n) is 9.61. The zero-order valence-corrected chi connectivity index (χ0v) is 32.3. The summed E-state index contributed by atoms with van der Waals surface area (Å²) < 4.78 is 131. The number of rotatable bonds is 10. The molecule has 0 saturated heterocycles. The predicted octanol–water partition coefficient (Wildman–Crippen LogP) is 7.97. The molecular formula is C42H20F4N2O12S2. The van der Waals surface area contributed by atoms with E-state index >= 15 is 0 Å². The zero-order chi connectivity index (χ0) is 43.8. The summed E-state index contributed by atoms with van der Waals surface area (Å²) in [5, 5.41) is 0.402. The molecule has 0 atom stereocenters. The van der Waals surface area contributed by atoms with Crippen LogP contribution in [-0.2, 0) is 28.8 Å². The highest BCUT2D eigenvalue weighted by atomic mass is 32.2. The van der Waals surface area contributed by atoms with Gasteiger partial charge in [0.15, 0.2) is 9.79 Å². The number of benzene rings is 7. The summed E-state index contributed by atoms with van der Waals surface area (Å²) in [6.07, 6.45) is 0. The van der Waals surface area contributed by atoms with Gasteiger partial charge >= 0.3 is 20.2 Å². The van der Waals surface area contributed by atoms with Gasteiger partial charge in [-0.3, -0.25) is 19.2 Å². The van der Waals surface area contributed by atoms with Crippen molar-refractivity contribution in [2.45, 2.75) is 9.79 Å². The van der Waals surface area contributed by atoms with Gasteiger partial charge in [-0.05, 0) is 72.8 Å². The number of amides is 4. The molecule has 0 radical (unpaired) electrons. The summed E-state index contributed by atoms with van der Waals surface area (Å²) in [4.78, 5) is 51.0. The highest BCUT2D eigenvalue weighted by molar-refractivity contribution is 7.87. The van der Waals surface area contributed by atoms with Crippen molar-refractivity contribution >= 4 is 65.4 Å². The van der Waals surface area contributed by atoms with Crippen molar-refractivity contribution in [3.63, 3.8) is 0 Å². The van der Waals surface area contributed by atoms with Gasteiger partial charge in [0.05, 0.1) is 22.3 Å². The Morgan fingerprint density at radius 2 is 0.726 bits per heavy atom. The normalized spacial score (nSPS) is 13.9. The molecule has 62 heavy (non-hydrogen) atoms. The number of halogens is 4. The van der Waals surface area contributed by atoms with E-state index < -0.39 is 76.9 Å². The number of carbonyl (C=O) groups excluding carboxylic acids is 4. The van der Waals surface area contributed by atoms with Crippen molar-refractivity contribution in [2.24, 2.45) is 0 Å². The maximum Gasteiger partial charge on any atom is 0.324 e. The van der Waals surface area contributed by atoms with Crippen LogP contribution in [0.15, 0.2) is 131 Å². The summed E-state index contributed by atoms with van der Waals surface area (Å²) in [6, 6.07) is 24.2. The molecule has 310 valence electrons. The standard InChI is InChI=1S/C42H20F4N2O12S2/c43-29-12-4-13-30(44)37(29)61(53,54)59-47-39(49)25-10-2-8-23-33(18-16-27(35(23)25)41(47)51)57-21-6-1-7-22(20-21)58-34-19-17-28-36-24(34)9-3-11-26(36)40(50)48(42(28)52)60-62(55,56)38-31(45)14-5-15-32(38)46/h1-20H. The highest BCUT2D eigenvalue weighted by Gasteiger charge is 2.41. The molecule has 14 nitrogen and oxygen atoms in total. The van der Waals surface area contributed by atoms with Crippen molar-refractivity contribution in [3.8, 4) is 23.0 Å². The van der Waals surface area contributed by atoms with Gasteiger partial charge in [0.2, 0.25) is 0 Å². The van der Waals surface area contributed by atoms with Gasteiger partial charge < -0.3 is 9.47 Å². The number of carbonyl (C=O) groups is 4. The minimum atomic E-state index is -5.35. The first-order valence-electron chi connectivity index (χ1n) is 17.7. The minimum absolute atomic E-state index is 0.0654. The SMILES string of the molecule is O=C1c2cccc3c(Oc4cccc(Oc5ccc6c7c(cccc57)C(=O)N(OS(=O)(=O)c5c(F)cccc5F)C6=O)c4)ccc(c23)C(=O)N1OS(=O)(=O)c1c(F)cccc1F. The molecule has 2 aliphatic rings. The average molecular weight is 885 g/mol. The third kappa shape index (κ3) is 6.48. The van der Waals surface area contributed by atoms with Gasteiger partial charge in [0, 0.05) is 27.6 Å². The Bertz CT molecular complexity index is 3100. The van der Waals surface area contributed by atoms with E-state index in [2.05, 4.69) is 0 Å². The fraction of sp³-hybridized carbons (Fsp3) is 0. The first-order chi connectivity index (χ1) is 29.6. The van der Waals surface area contributed by atoms with Crippen LogP contribution in [-0.4, -0.2) is 50.6 Å². The predicted molar refractivity (Wildman–Crippen MR) is 205 cm³/mol. The maximum absolute atomic E-state index is 14.4. The lowest BCUT2D eigenvalue weighted by atomic mass is 9.94. The molecule has 0 unspecified atom stereocenters. The maximum atomic E-state index is 14.4. The van der Waals surface area contributed by atoms with E-state index in [0.29, 0.717) is 24.3 Å². The molecule has 2 heterocycles. The molecule has 0 aromatic heterocycles. The van der Waals surface area contributed by atoms with Gasteiger partial charge in [-0.25, -0.2) is 17.6 Å². The summed E-state index contributed by atoms with van der Waals surface area (Å²) in [7, 11) is -10.7. The second-order valence-corrected chi connectivity index (χ2v) is 16.3. The smallest absolute Gasteiger partial charge is 0.324 e. The molecule has 7 aromatic rings. The molecule has 0 aliphatic carbocycles. The van der Waals surface area contributed by atoms with E-state index in [0.717, 1.165) is 12.1 Å². The molecule has 0 spiro atoms. The van der Waals surface area contributed by atoms with Crippen LogP contribution in [0.2, 0.25) is 0 Å². The first kappa shape index (κ1) is 39.9. The zero-order valence-electron chi connectivity index (χ0n) is 30.7. The van der Waals surface area contributed by atoms with Gasteiger partial charge in [-0.2, -0.15) is 16.8 Å². The van der Waals surface area contributed by atoms with Crippen molar-refractivity contribution < 1.29 is 71.6 Å². The fourth-order valence-corrected chi connectivity index (χ4v) is 9.02. The summed E-state index contributed by atoms with van der Waals surface area (Å²) >= 11 is 0. The molecular weight excluding hydrogens is 865 g/mol. The summed E-state index contributed by atoms with van der Waals surface area (Å²) in [5.41, 5.74) is -0.782. The van der Waals surface area contributed by atoms with Crippen molar-refractivity contribution in [1.82, 2.24) is 10.1 Å². The third-order valence-corrected chi connectivity index (χ3v) is 12.1. The van der Waals surface area contributed by atoms with Crippen LogP contribution >= 0.6 is 0 Å². The van der Waals surface area contributed by atoms with Gasteiger partial charge in [-0.15, -0.1) is 18.7 Å². The van der Waals surface area contributed by atoms with E-state index in [1.54, 1.807) is 18.2 Å². The number of imide groups is 2. The van der Waals surface area contributed by atoms with Crippen LogP contribution in [0.4, 0.5) is 17.6 Å². The lowest BCUT2D eigenvalue weighted by Gasteiger charge is -2.26. The molecule has 0 fully saturated rings. The van der Waals surface area contributed by atoms with Crippen LogP contribution in [0.25, 0.3) is 21.5 Å². The molecule has 7 aromatic carbocycles. The van der Waals surface area contributed by atoms with Crippen LogP contribution in [0.1, 0.15) is 41.4 Å². The Morgan fingerprint density at radius 3 is 1.10 bits per heavy atom. The molecule has 20 heteroatoms. The Labute approximate surface area is 345 Å². The Balaban J connectivity index is 0.983. The fourth-order valence-electron chi connectivity index (χ4n) is 6.98. The van der Waals surface area contributed by atoms with Gasteiger partial charge in [0.1, 0.15) is 46.3 Å². The lowest BCUT2D eigenvalue weighted by molar-refractivity contribution is -0.0161. The van der Waals surface area contributed by atoms with Crippen LogP contribution in [0, 0.1) is 23.3 Å². The topological polar surface area (TPSA) is 180 Å². The number of hydroxylamine groups is 4. The van der Waals surface area contributed by atoms with Crippen molar-refractivity contribution in [1.29, 1.82) is 0 Å². The van der Waals surface area contributed by atoms with Crippen molar-refractivity contribution in [3.05, 3.63) is 167 Å². The first-order valence-corrected chi connectivity index (χ1v) is 20.5. The number of hydrogen-bond acceptors (Lipinski definition) is 12. The summed E-state index contributed by atoms with van der Waals surface area (Å²) in [6.45, 7) is 0.